The van der Waals surface area contributed by atoms with Gasteiger partial charge in [0, 0.05) is 44.0 Å². The van der Waals surface area contributed by atoms with Gasteiger partial charge in [-0.2, -0.15) is 0 Å². The molecule has 0 atom stereocenters. The van der Waals surface area contributed by atoms with Gasteiger partial charge in [-0.05, 0) is 49.2 Å². The van der Waals surface area contributed by atoms with Crippen molar-refractivity contribution in [1.29, 1.82) is 0 Å². The molecule has 0 amide bonds. The van der Waals surface area contributed by atoms with Crippen molar-refractivity contribution >= 4 is 34.7 Å². The number of hydrogen-bond donors (Lipinski definition) is 1. The third-order valence-corrected chi connectivity index (χ3v) is 4.95. The van der Waals surface area contributed by atoms with Crippen LogP contribution in [-0.2, 0) is 0 Å². The monoisotopic (exact) mass is 372 g/mol. The molecule has 0 spiro atoms. The van der Waals surface area contributed by atoms with Crippen molar-refractivity contribution in [1.82, 2.24) is 0 Å². The van der Waals surface area contributed by atoms with Crippen LogP contribution in [0.25, 0.3) is 0 Å². The quantitative estimate of drug-likeness (QED) is 0.805. The molecule has 1 N–H and O–H groups in total. The summed E-state index contributed by atoms with van der Waals surface area (Å²) in [7, 11) is 3.54. The maximum absolute atomic E-state index is 12.9. The van der Waals surface area contributed by atoms with Gasteiger partial charge in [0.15, 0.2) is 5.78 Å². The number of hydrogen-bond acceptors (Lipinski definition) is 4. The van der Waals surface area contributed by atoms with E-state index < -0.39 is 5.97 Å². The molecule has 1 saturated heterocycles. The number of carboxylic acid groups (broad SMARTS) is 1. The second kappa shape index (κ2) is 7.38. The van der Waals surface area contributed by atoms with Crippen molar-refractivity contribution in [3.8, 4) is 0 Å². The summed E-state index contributed by atoms with van der Waals surface area (Å²) in [5, 5.41) is 9.87. The minimum Gasteiger partial charge on any atom is -0.478 e. The Morgan fingerprint density at radius 2 is 1.65 bits per heavy atom. The molecule has 1 heterocycles. The molecule has 1 aliphatic heterocycles. The van der Waals surface area contributed by atoms with Crippen molar-refractivity contribution in [2.75, 3.05) is 37.0 Å². The average molecular weight is 373 g/mol. The topological polar surface area (TPSA) is 60.9 Å². The van der Waals surface area contributed by atoms with Gasteiger partial charge in [0.25, 0.3) is 0 Å². The van der Waals surface area contributed by atoms with E-state index in [1.165, 1.54) is 25.0 Å². The summed E-state index contributed by atoms with van der Waals surface area (Å²) in [6.45, 7) is 2.05. The van der Waals surface area contributed by atoms with Crippen molar-refractivity contribution in [3.05, 3.63) is 58.1 Å². The van der Waals surface area contributed by atoms with Gasteiger partial charge in [0.2, 0.25) is 0 Å². The van der Waals surface area contributed by atoms with Crippen LogP contribution in [0.1, 0.15) is 39.1 Å². The fourth-order valence-corrected chi connectivity index (χ4v) is 3.56. The fraction of sp³-hybridized carbons (Fsp3) is 0.300. The summed E-state index contributed by atoms with van der Waals surface area (Å²) in [6.07, 6.45) is 2.36. The van der Waals surface area contributed by atoms with E-state index >= 15 is 0 Å². The van der Waals surface area contributed by atoms with Gasteiger partial charge in [0.05, 0.1) is 16.3 Å². The highest BCUT2D eigenvalue weighted by Gasteiger charge is 2.22. The number of anilines is 2. The van der Waals surface area contributed by atoms with Crippen LogP contribution < -0.4 is 9.80 Å². The van der Waals surface area contributed by atoms with Crippen molar-refractivity contribution in [2.45, 2.75) is 12.8 Å². The summed E-state index contributed by atoms with van der Waals surface area (Å²) >= 11 is 6.25. The second-order valence-corrected chi connectivity index (χ2v) is 7.03. The van der Waals surface area contributed by atoms with Crippen molar-refractivity contribution in [3.63, 3.8) is 0 Å². The van der Waals surface area contributed by atoms with Crippen molar-refractivity contribution < 1.29 is 14.7 Å². The lowest BCUT2D eigenvalue weighted by molar-refractivity contribution is 0.0693. The molecule has 5 nitrogen and oxygen atoms in total. The fourth-order valence-electron chi connectivity index (χ4n) is 3.22. The molecule has 2 aromatic rings. The van der Waals surface area contributed by atoms with E-state index in [2.05, 4.69) is 4.90 Å². The van der Waals surface area contributed by atoms with Crippen LogP contribution in [0.3, 0.4) is 0 Å². The highest BCUT2D eigenvalue weighted by Crippen LogP contribution is 2.30. The zero-order chi connectivity index (χ0) is 18.8. The molecule has 0 bridgehead atoms. The van der Waals surface area contributed by atoms with E-state index in [1.807, 2.05) is 12.1 Å². The average Bonchev–Trinajstić information content (AvgIpc) is 3.15. The molecule has 1 aliphatic rings. The van der Waals surface area contributed by atoms with Crippen LogP contribution in [0.5, 0.6) is 0 Å². The Morgan fingerprint density at radius 1 is 1.04 bits per heavy atom. The maximum atomic E-state index is 12.9. The molecule has 0 radical (unpaired) electrons. The molecule has 0 saturated carbocycles. The third kappa shape index (κ3) is 3.53. The largest absolute Gasteiger partial charge is 0.478 e. The molecule has 3 rings (SSSR count). The van der Waals surface area contributed by atoms with Crippen LogP contribution in [0.15, 0.2) is 36.4 Å². The Labute approximate surface area is 157 Å². The predicted molar refractivity (Wildman–Crippen MR) is 104 cm³/mol. The molecule has 136 valence electrons. The van der Waals surface area contributed by atoms with E-state index in [-0.39, 0.29) is 16.9 Å². The number of aromatic carboxylic acids is 1. The van der Waals surface area contributed by atoms with E-state index in [4.69, 9.17) is 11.6 Å². The van der Waals surface area contributed by atoms with E-state index in [0.717, 1.165) is 18.8 Å². The zero-order valence-corrected chi connectivity index (χ0v) is 15.6. The van der Waals surface area contributed by atoms with Crippen LogP contribution in [0, 0.1) is 0 Å². The van der Waals surface area contributed by atoms with E-state index in [9.17, 15) is 14.7 Å². The van der Waals surface area contributed by atoms with Gasteiger partial charge in [-0.15, -0.1) is 0 Å². The smallest absolute Gasteiger partial charge is 0.336 e. The van der Waals surface area contributed by atoms with Crippen LogP contribution in [0.4, 0.5) is 11.4 Å². The molecule has 0 unspecified atom stereocenters. The standard InChI is InChI=1S/C20H21ClN2O3/c1-22(2)18-12-16(20(25)26)15(11-17(18)21)19(24)13-5-7-14(8-6-13)23-9-3-4-10-23/h5-8,11-12H,3-4,9-10H2,1-2H3,(H,25,26). The number of nitrogens with zero attached hydrogens (tertiary/aromatic N) is 2. The minimum absolute atomic E-state index is 0.0493. The number of carboxylic acids is 1. The minimum atomic E-state index is -1.15. The van der Waals surface area contributed by atoms with Gasteiger partial charge in [-0.25, -0.2) is 4.79 Å². The first kappa shape index (κ1) is 18.3. The number of carbonyl (C=O) groups excluding carboxylic acids is 1. The first-order valence-electron chi connectivity index (χ1n) is 8.52. The number of ketones is 1. The normalized spacial score (nSPS) is 13.7. The first-order valence-corrected chi connectivity index (χ1v) is 8.90. The molecule has 0 aromatic heterocycles. The number of benzene rings is 2. The molecule has 6 heteroatoms. The van der Waals surface area contributed by atoms with Crippen molar-refractivity contribution in [2.24, 2.45) is 0 Å². The van der Waals surface area contributed by atoms with Gasteiger partial charge in [-0.3, -0.25) is 4.79 Å². The van der Waals surface area contributed by atoms with Crippen LogP contribution >= 0.6 is 11.6 Å². The van der Waals surface area contributed by atoms with Gasteiger partial charge >= 0.3 is 5.97 Å². The summed E-state index contributed by atoms with van der Waals surface area (Å²) in [5.74, 6) is -1.50. The summed E-state index contributed by atoms with van der Waals surface area (Å²) in [5.41, 5.74) is 2.14. The Kier molecular flexibility index (Phi) is 5.18. The summed E-state index contributed by atoms with van der Waals surface area (Å²) < 4.78 is 0. The molecular weight excluding hydrogens is 352 g/mol. The maximum Gasteiger partial charge on any atom is 0.336 e. The lowest BCUT2D eigenvalue weighted by Crippen LogP contribution is -2.17. The summed E-state index contributed by atoms with van der Waals surface area (Å²) in [6, 6.07) is 10.2. The first-order chi connectivity index (χ1) is 12.4. The van der Waals surface area contributed by atoms with Crippen LogP contribution in [0.2, 0.25) is 5.02 Å². The Morgan fingerprint density at radius 3 is 2.19 bits per heavy atom. The second-order valence-electron chi connectivity index (χ2n) is 6.62. The van der Waals surface area contributed by atoms with E-state index in [1.54, 1.807) is 31.1 Å². The molecule has 2 aromatic carbocycles. The van der Waals surface area contributed by atoms with Gasteiger partial charge in [-0.1, -0.05) is 11.6 Å². The molecule has 26 heavy (non-hydrogen) atoms. The Balaban J connectivity index is 1.96. The third-order valence-electron chi connectivity index (χ3n) is 4.64. The predicted octanol–water partition coefficient (Wildman–Crippen LogP) is 3.94. The lowest BCUT2D eigenvalue weighted by Gasteiger charge is -2.18. The molecule has 0 aliphatic carbocycles. The highest BCUT2D eigenvalue weighted by atomic mass is 35.5. The molecule has 1 fully saturated rings. The number of carbonyl (C=O) groups is 2. The van der Waals surface area contributed by atoms with Gasteiger partial charge < -0.3 is 14.9 Å². The van der Waals surface area contributed by atoms with E-state index in [0.29, 0.717) is 16.3 Å². The number of rotatable bonds is 5. The zero-order valence-electron chi connectivity index (χ0n) is 14.8. The van der Waals surface area contributed by atoms with Crippen LogP contribution in [-0.4, -0.2) is 44.0 Å². The SMILES string of the molecule is CN(C)c1cc(C(=O)O)c(C(=O)c2ccc(N3CCCC3)cc2)cc1Cl. The lowest BCUT2D eigenvalue weighted by atomic mass is 9.97. The number of halogens is 1. The van der Waals surface area contributed by atoms with Gasteiger partial charge in [0.1, 0.15) is 0 Å². The highest BCUT2D eigenvalue weighted by molar-refractivity contribution is 6.34. The Hall–Kier alpha value is -2.53. The Bertz CT molecular complexity index is 841. The molecular formula is C20H21ClN2O3. The summed E-state index contributed by atoms with van der Waals surface area (Å²) in [4.78, 5) is 28.5.